The Bertz CT molecular complexity index is 942. The van der Waals surface area contributed by atoms with E-state index < -0.39 is 0 Å². The Kier molecular flexibility index (Phi) is 5.40. The van der Waals surface area contributed by atoms with Crippen molar-refractivity contribution in [3.63, 3.8) is 0 Å². The molecule has 0 bridgehead atoms. The van der Waals surface area contributed by atoms with Crippen LogP contribution >= 0.6 is 0 Å². The van der Waals surface area contributed by atoms with Crippen molar-refractivity contribution in [1.29, 1.82) is 0 Å². The number of aryl methyl sites for hydroxylation is 2. The van der Waals surface area contributed by atoms with Crippen LogP contribution in [0, 0.1) is 6.92 Å². The number of methoxy groups -OCH3 is 1. The van der Waals surface area contributed by atoms with Crippen LogP contribution in [0.1, 0.15) is 18.3 Å². The zero-order valence-corrected chi connectivity index (χ0v) is 16.6. The topological polar surface area (TPSA) is 109 Å². The number of piperazine rings is 1. The third-order valence-corrected chi connectivity index (χ3v) is 4.85. The Morgan fingerprint density at radius 2 is 2.07 bits per heavy atom. The van der Waals surface area contributed by atoms with Crippen LogP contribution < -0.4 is 15.5 Å². The predicted octanol–water partition coefficient (Wildman–Crippen LogP) is 1.22. The summed E-state index contributed by atoms with van der Waals surface area (Å²) in [5.74, 6) is 2.25. The zero-order chi connectivity index (χ0) is 19.5. The van der Waals surface area contributed by atoms with Crippen molar-refractivity contribution in [3.8, 4) is 0 Å². The van der Waals surface area contributed by atoms with Gasteiger partial charge in [0.25, 0.3) is 0 Å². The molecule has 150 valence electrons. The summed E-state index contributed by atoms with van der Waals surface area (Å²) >= 11 is 0. The van der Waals surface area contributed by atoms with E-state index in [9.17, 15) is 0 Å². The summed E-state index contributed by atoms with van der Waals surface area (Å²) in [6, 6.07) is 1.95. The van der Waals surface area contributed by atoms with Gasteiger partial charge in [0.1, 0.15) is 16.9 Å². The molecule has 0 spiro atoms. The third kappa shape index (κ3) is 3.65. The molecule has 0 unspecified atom stereocenters. The van der Waals surface area contributed by atoms with Gasteiger partial charge in [-0.25, -0.2) is 4.98 Å². The fourth-order valence-electron chi connectivity index (χ4n) is 3.42. The van der Waals surface area contributed by atoms with Crippen LogP contribution in [0.5, 0.6) is 0 Å². The van der Waals surface area contributed by atoms with E-state index >= 15 is 0 Å². The fourth-order valence-corrected chi connectivity index (χ4v) is 3.42. The molecule has 1 aliphatic heterocycles. The number of hydrogen-bond acceptors (Lipinski definition) is 8. The van der Waals surface area contributed by atoms with Crippen molar-refractivity contribution in [3.05, 3.63) is 17.5 Å². The van der Waals surface area contributed by atoms with E-state index in [0.717, 1.165) is 72.6 Å². The van der Waals surface area contributed by atoms with Gasteiger partial charge >= 0.3 is 0 Å². The van der Waals surface area contributed by atoms with Crippen LogP contribution in [-0.4, -0.2) is 69.8 Å². The maximum absolute atomic E-state index is 5.26. The van der Waals surface area contributed by atoms with Crippen LogP contribution in [0.4, 0.5) is 17.6 Å². The van der Waals surface area contributed by atoms with Gasteiger partial charge in [0.15, 0.2) is 5.82 Å². The number of H-pyrrole nitrogens is 1. The number of aromatic amines is 1. The predicted molar refractivity (Wildman–Crippen MR) is 108 cm³/mol. The molecule has 28 heavy (non-hydrogen) atoms. The highest BCUT2D eigenvalue weighted by molar-refractivity contribution is 5.90. The third-order valence-electron chi connectivity index (χ3n) is 4.85. The number of nitrogens with zero attached hydrogens (tertiary/aromatic N) is 6. The monoisotopic (exact) mass is 385 g/mol. The van der Waals surface area contributed by atoms with Crippen molar-refractivity contribution >= 4 is 28.6 Å². The van der Waals surface area contributed by atoms with E-state index in [-0.39, 0.29) is 0 Å². The molecule has 0 atom stereocenters. The Morgan fingerprint density at radius 1 is 1.25 bits per heavy atom. The number of fused-ring (bicyclic) bond motifs is 1. The van der Waals surface area contributed by atoms with Gasteiger partial charge in [-0.05, 0) is 13.3 Å². The van der Waals surface area contributed by atoms with Crippen molar-refractivity contribution in [2.24, 2.45) is 0 Å². The van der Waals surface area contributed by atoms with Crippen LogP contribution in [0.2, 0.25) is 0 Å². The van der Waals surface area contributed by atoms with E-state index in [1.807, 2.05) is 17.7 Å². The summed E-state index contributed by atoms with van der Waals surface area (Å²) in [7, 11) is 1.69. The van der Waals surface area contributed by atoms with Crippen LogP contribution in [0.15, 0.2) is 6.07 Å². The molecule has 10 nitrogen and oxygen atoms in total. The fraction of sp³-hybridized carbons (Fsp3) is 0.556. The van der Waals surface area contributed by atoms with Crippen LogP contribution in [0.25, 0.3) is 11.0 Å². The molecule has 0 saturated carbocycles. The van der Waals surface area contributed by atoms with Gasteiger partial charge in [-0.15, -0.1) is 0 Å². The Hall–Kier alpha value is -2.72. The van der Waals surface area contributed by atoms with Gasteiger partial charge in [0, 0.05) is 39.4 Å². The SMILES string of the molecule is CCc1nn(CCOC)c2c(Nc3cc(C)n[nH]3)nc(N3CCNCC3)nc12. The van der Waals surface area contributed by atoms with E-state index in [1.165, 1.54) is 0 Å². The van der Waals surface area contributed by atoms with E-state index in [4.69, 9.17) is 19.8 Å². The molecule has 0 aromatic carbocycles. The van der Waals surface area contributed by atoms with Gasteiger partial charge in [0.05, 0.1) is 24.5 Å². The standard InChI is InChI=1S/C18H27N9O/c1-4-13-15-16(27(25-13)9-10-28-3)17(20-14-11-12(2)23-24-14)22-18(21-15)26-7-5-19-6-8-26/h11,19H,4-10H2,1-3H3,(H2,20,21,22,23,24). The Balaban J connectivity index is 1.83. The first kappa shape index (κ1) is 18.6. The first-order valence-electron chi connectivity index (χ1n) is 9.70. The van der Waals surface area contributed by atoms with Crippen molar-refractivity contribution in [2.75, 3.05) is 50.1 Å². The summed E-state index contributed by atoms with van der Waals surface area (Å²) in [5, 5.41) is 18.7. The van der Waals surface area contributed by atoms with Crippen molar-refractivity contribution in [1.82, 2.24) is 35.3 Å². The normalized spacial score (nSPS) is 14.8. The minimum Gasteiger partial charge on any atom is -0.383 e. The summed E-state index contributed by atoms with van der Waals surface area (Å²) in [6.07, 6.45) is 0.803. The quantitative estimate of drug-likeness (QED) is 0.557. The summed E-state index contributed by atoms with van der Waals surface area (Å²) < 4.78 is 7.20. The van der Waals surface area contributed by atoms with Crippen molar-refractivity contribution < 1.29 is 4.74 Å². The Labute approximate surface area is 163 Å². The van der Waals surface area contributed by atoms with Crippen LogP contribution in [0.3, 0.4) is 0 Å². The van der Waals surface area contributed by atoms with Gasteiger partial charge in [0.2, 0.25) is 5.95 Å². The largest absolute Gasteiger partial charge is 0.383 e. The molecule has 1 fully saturated rings. The second kappa shape index (κ2) is 8.11. The average Bonchev–Trinajstić information content (AvgIpc) is 3.30. The van der Waals surface area contributed by atoms with Gasteiger partial charge in [-0.1, -0.05) is 6.92 Å². The number of rotatable bonds is 7. The molecule has 0 amide bonds. The second-order valence-corrected chi connectivity index (χ2v) is 6.87. The molecular formula is C18H27N9O. The molecule has 3 N–H and O–H groups in total. The molecule has 0 aliphatic carbocycles. The molecule has 4 heterocycles. The zero-order valence-electron chi connectivity index (χ0n) is 16.6. The molecule has 3 aromatic rings. The molecule has 1 aliphatic rings. The lowest BCUT2D eigenvalue weighted by molar-refractivity contribution is 0.184. The maximum atomic E-state index is 5.26. The van der Waals surface area contributed by atoms with Gasteiger partial charge < -0.3 is 20.3 Å². The molecule has 0 radical (unpaired) electrons. The highest BCUT2D eigenvalue weighted by atomic mass is 16.5. The van der Waals surface area contributed by atoms with Gasteiger partial charge in [-0.3, -0.25) is 9.78 Å². The number of nitrogens with one attached hydrogen (secondary N) is 3. The number of anilines is 3. The molecular weight excluding hydrogens is 358 g/mol. The maximum Gasteiger partial charge on any atom is 0.228 e. The highest BCUT2D eigenvalue weighted by Crippen LogP contribution is 2.29. The smallest absolute Gasteiger partial charge is 0.228 e. The first-order valence-corrected chi connectivity index (χ1v) is 9.70. The van der Waals surface area contributed by atoms with E-state index in [1.54, 1.807) is 7.11 Å². The Morgan fingerprint density at radius 3 is 2.75 bits per heavy atom. The molecule has 10 heteroatoms. The minimum absolute atomic E-state index is 0.572. The average molecular weight is 385 g/mol. The minimum atomic E-state index is 0.572. The number of hydrogen-bond donors (Lipinski definition) is 3. The summed E-state index contributed by atoms with van der Waals surface area (Å²) in [4.78, 5) is 12.0. The lowest BCUT2D eigenvalue weighted by atomic mass is 10.2. The van der Waals surface area contributed by atoms with E-state index in [2.05, 4.69) is 32.7 Å². The van der Waals surface area contributed by atoms with E-state index in [0.29, 0.717) is 13.2 Å². The molecule has 4 rings (SSSR count). The highest BCUT2D eigenvalue weighted by Gasteiger charge is 2.22. The lowest BCUT2D eigenvalue weighted by Crippen LogP contribution is -2.44. The van der Waals surface area contributed by atoms with Gasteiger partial charge in [-0.2, -0.15) is 15.2 Å². The van der Waals surface area contributed by atoms with Crippen molar-refractivity contribution in [2.45, 2.75) is 26.8 Å². The summed E-state index contributed by atoms with van der Waals surface area (Å²) in [5.41, 5.74) is 3.66. The van der Waals surface area contributed by atoms with Crippen LogP contribution in [-0.2, 0) is 17.7 Å². The number of aromatic nitrogens is 6. The number of ether oxygens (including phenoxy) is 1. The lowest BCUT2D eigenvalue weighted by Gasteiger charge is -2.27. The molecule has 1 saturated heterocycles. The second-order valence-electron chi connectivity index (χ2n) is 6.87. The summed E-state index contributed by atoms with van der Waals surface area (Å²) in [6.45, 7) is 8.87. The molecule has 3 aromatic heterocycles. The first-order chi connectivity index (χ1) is 13.7.